The molecule has 0 aliphatic heterocycles. The number of carbonyl (C=O) groups is 1. The van der Waals surface area contributed by atoms with E-state index in [1.165, 1.54) is 17.7 Å². The summed E-state index contributed by atoms with van der Waals surface area (Å²) in [6.45, 7) is 4.22. The summed E-state index contributed by atoms with van der Waals surface area (Å²) >= 11 is 0. The maximum absolute atomic E-state index is 13.7. The lowest BCUT2D eigenvalue weighted by atomic mass is 9.96. The standard InChI is InChI=1S/C18H19FO3/c1-12-7-8-14(11-13(12)2)22-10-9-16(18(20)21)15-5-3-4-6-17(15)19/h3-8,11,16H,9-10H2,1-2H3,(H,20,21). The highest BCUT2D eigenvalue weighted by Gasteiger charge is 2.22. The smallest absolute Gasteiger partial charge is 0.311 e. The van der Waals surface area contributed by atoms with Gasteiger partial charge in [-0.15, -0.1) is 0 Å². The van der Waals surface area contributed by atoms with Gasteiger partial charge in [0.25, 0.3) is 0 Å². The highest BCUT2D eigenvalue weighted by Crippen LogP contribution is 2.24. The van der Waals surface area contributed by atoms with Crippen LogP contribution >= 0.6 is 0 Å². The van der Waals surface area contributed by atoms with Crippen LogP contribution in [0, 0.1) is 19.7 Å². The summed E-state index contributed by atoms with van der Waals surface area (Å²) in [6.07, 6.45) is 0.211. The first-order valence-electron chi connectivity index (χ1n) is 7.16. The Kier molecular flexibility index (Phi) is 5.15. The largest absolute Gasteiger partial charge is 0.494 e. The van der Waals surface area contributed by atoms with Crippen LogP contribution in [-0.2, 0) is 4.79 Å². The van der Waals surface area contributed by atoms with Gasteiger partial charge in [-0.25, -0.2) is 4.39 Å². The number of aliphatic carboxylic acids is 1. The number of benzene rings is 2. The van der Waals surface area contributed by atoms with Gasteiger partial charge in [0, 0.05) is 5.56 Å². The molecule has 116 valence electrons. The van der Waals surface area contributed by atoms with Crippen molar-refractivity contribution in [1.29, 1.82) is 0 Å². The van der Waals surface area contributed by atoms with Crippen molar-refractivity contribution in [3.63, 3.8) is 0 Å². The van der Waals surface area contributed by atoms with E-state index in [-0.39, 0.29) is 18.6 Å². The normalized spacial score (nSPS) is 12.0. The van der Waals surface area contributed by atoms with Crippen molar-refractivity contribution in [2.24, 2.45) is 0 Å². The van der Waals surface area contributed by atoms with Crippen molar-refractivity contribution < 1.29 is 19.0 Å². The Morgan fingerprint density at radius 2 is 1.91 bits per heavy atom. The maximum atomic E-state index is 13.7. The van der Waals surface area contributed by atoms with Crippen LogP contribution in [0.2, 0.25) is 0 Å². The van der Waals surface area contributed by atoms with E-state index in [9.17, 15) is 14.3 Å². The fraction of sp³-hybridized carbons (Fsp3) is 0.278. The minimum absolute atomic E-state index is 0.193. The van der Waals surface area contributed by atoms with E-state index in [0.29, 0.717) is 5.75 Å². The summed E-state index contributed by atoms with van der Waals surface area (Å²) in [7, 11) is 0. The second-order valence-corrected chi connectivity index (χ2v) is 5.30. The van der Waals surface area contributed by atoms with Crippen LogP contribution in [0.15, 0.2) is 42.5 Å². The van der Waals surface area contributed by atoms with Crippen LogP contribution in [0.1, 0.15) is 29.0 Å². The van der Waals surface area contributed by atoms with E-state index in [2.05, 4.69) is 0 Å². The molecule has 2 rings (SSSR count). The predicted octanol–water partition coefficient (Wildman–Crippen LogP) is 4.08. The fourth-order valence-corrected chi connectivity index (χ4v) is 2.27. The second kappa shape index (κ2) is 7.07. The molecule has 0 heterocycles. The Morgan fingerprint density at radius 1 is 1.18 bits per heavy atom. The Labute approximate surface area is 129 Å². The molecule has 0 radical (unpaired) electrons. The van der Waals surface area contributed by atoms with Gasteiger partial charge in [0.15, 0.2) is 0 Å². The van der Waals surface area contributed by atoms with E-state index in [1.807, 2.05) is 32.0 Å². The monoisotopic (exact) mass is 302 g/mol. The SMILES string of the molecule is Cc1ccc(OCCC(C(=O)O)c2ccccc2F)cc1C. The molecule has 0 aliphatic carbocycles. The Morgan fingerprint density at radius 3 is 2.55 bits per heavy atom. The van der Waals surface area contributed by atoms with E-state index in [1.54, 1.807) is 12.1 Å². The summed E-state index contributed by atoms with van der Waals surface area (Å²) in [5.41, 5.74) is 2.47. The Bertz CT molecular complexity index is 667. The molecule has 2 aromatic rings. The molecule has 22 heavy (non-hydrogen) atoms. The molecule has 0 aromatic heterocycles. The Hall–Kier alpha value is -2.36. The van der Waals surface area contributed by atoms with Crippen LogP contribution in [0.5, 0.6) is 5.75 Å². The molecular formula is C18H19FO3. The van der Waals surface area contributed by atoms with Crippen LogP contribution < -0.4 is 4.74 Å². The number of halogens is 1. The summed E-state index contributed by atoms with van der Waals surface area (Å²) in [6, 6.07) is 11.7. The molecule has 1 N–H and O–H groups in total. The zero-order valence-electron chi connectivity index (χ0n) is 12.7. The third-order valence-electron chi connectivity index (χ3n) is 3.73. The quantitative estimate of drug-likeness (QED) is 0.874. The van der Waals surface area contributed by atoms with Crippen molar-refractivity contribution in [3.8, 4) is 5.75 Å². The minimum Gasteiger partial charge on any atom is -0.494 e. The van der Waals surface area contributed by atoms with E-state index < -0.39 is 17.7 Å². The van der Waals surface area contributed by atoms with Gasteiger partial charge in [-0.1, -0.05) is 24.3 Å². The number of ether oxygens (including phenoxy) is 1. The third kappa shape index (κ3) is 3.85. The van der Waals surface area contributed by atoms with E-state index in [0.717, 1.165) is 5.56 Å². The molecule has 0 aliphatic rings. The first kappa shape index (κ1) is 16.0. The summed E-state index contributed by atoms with van der Waals surface area (Å²) in [5.74, 6) is -1.76. The van der Waals surface area contributed by atoms with E-state index in [4.69, 9.17) is 4.74 Å². The molecule has 0 fully saturated rings. The predicted molar refractivity (Wildman–Crippen MR) is 82.8 cm³/mol. The van der Waals surface area contributed by atoms with Crippen molar-refractivity contribution >= 4 is 5.97 Å². The number of hydrogen-bond acceptors (Lipinski definition) is 2. The molecule has 0 saturated heterocycles. The van der Waals surface area contributed by atoms with Gasteiger partial charge >= 0.3 is 5.97 Å². The van der Waals surface area contributed by atoms with Gasteiger partial charge in [-0.3, -0.25) is 4.79 Å². The summed E-state index contributed by atoms with van der Waals surface area (Å²) < 4.78 is 19.3. The van der Waals surface area contributed by atoms with Crippen LogP contribution in [0.3, 0.4) is 0 Å². The molecule has 2 aromatic carbocycles. The van der Waals surface area contributed by atoms with Crippen LogP contribution in [-0.4, -0.2) is 17.7 Å². The lowest BCUT2D eigenvalue weighted by Crippen LogP contribution is -2.16. The number of hydrogen-bond donors (Lipinski definition) is 1. The van der Waals surface area contributed by atoms with Crippen LogP contribution in [0.25, 0.3) is 0 Å². The average molecular weight is 302 g/mol. The Balaban J connectivity index is 2.02. The topological polar surface area (TPSA) is 46.5 Å². The molecule has 1 unspecified atom stereocenters. The first-order chi connectivity index (χ1) is 10.5. The second-order valence-electron chi connectivity index (χ2n) is 5.30. The zero-order chi connectivity index (χ0) is 16.1. The fourth-order valence-electron chi connectivity index (χ4n) is 2.27. The van der Waals surface area contributed by atoms with Gasteiger partial charge in [-0.2, -0.15) is 0 Å². The number of carboxylic acid groups (broad SMARTS) is 1. The third-order valence-corrected chi connectivity index (χ3v) is 3.73. The zero-order valence-corrected chi connectivity index (χ0v) is 12.7. The van der Waals surface area contributed by atoms with Gasteiger partial charge in [0.05, 0.1) is 12.5 Å². The average Bonchev–Trinajstić information content (AvgIpc) is 2.48. The van der Waals surface area contributed by atoms with Crippen molar-refractivity contribution in [2.75, 3.05) is 6.61 Å². The highest BCUT2D eigenvalue weighted by atomic mass is 19.1. The maximum Gasteiger partial charge on any atom is 0.311 e. The van der Waals surface area contributed by atoms with Gasteiger partial charge in [0.2, 0.25) is 0 Å². The van der Waals surface area contributed by atoms with Crippen molar-refractivity contribution in [3.05, 3.63) is 65.0 Å². The van der Waals surface area contributed by atoms with Gasteiger partial charge < -0.3 is 9.84 Å². The van der Waals surface area contributed by atoms with Crippen molar-refractivity contribution in [2.45, 2.75) is 26.2 Å². The lowest BCUT2D eigenvalue weighted by Gasteiger charge is -2.14. The summed E-state index contributed by atoms with van der Waals surface area (Å²) in [5, 5.41) is 9.31. The van der Waals surface area contributed by atoms with E-state index >= 15 is 0 Å². The highest BCUT2D eigenvalue weighted by molar-refractivity contribution is 5.76. The van der Waals surface area contributed by atoms with Gasteiger partial charge in [-0.05, 0) is 49.6 Å². The first-order valence-corrected chi connectivity index (χ1v) is 7.16. The molecule has 0 spiro atoms. The molecular weight excluding hydrogens is 283 g/mol. The van der Waals surface area contributed by atoms with Gasteiger partial charge in [0.1, 0.15) is 11.6 Å². The molecule has 0 bridgehead atoms. The number of carboxylic acids is 1. The molecule has 0 saturated carbocycles. The number of rotatable bonds is 6. The number of aryl methyl sites for hydroxylation is 2. The van der Waals surface area contributed by atoms with Crippen molar-refractivity contribution in [1.82, 2.24) is 0 Å². The lowest BCUT2D eigenvalue weighted by molar-refractivity contribution is -0.139. The summed E-state index contributed by atoms with van der Waals surface area (Å²) in [4.78, 5) is 11.4. The molecule has 1 atom stereocenters. The molecule has 4 heteroatoms. The molecule has 3 nitrogen and oxygen atoms in total. The molecule has 0 amide bonds. The minimum atomic E-state index is -1.05. The van der Waals surface area contributed by atoms with Crippen LogP contribution in [0.4, 0.5) is 4.39 Å².